The summed E-state index contributed by atoms with van der Waals surface area (Å²) in [5, 5.41) is 44.9. The van der Waals surface area contributed by atoms with Crippen LogP contribution in [0.5, 0.6) is 0 Å². The van der Waals surface area contributed by atoms with Gasteiger partial charge in [0.1, 0.15) is 5.38 Å². The third-order valence-electron chi connectivity index (χ3n) is 1.19. The van der Waals surface area contributed by atoms with Gasteiger partial charge >= 0.3 is 73.0 Å². The van der Waals surface area contributed by atoms with Gasteiger partial charge in [-0.2, -0.15) is 0 Å². The molecule has 0 aliphatic rings. The molecule has 0 saturated carbocycles. The number of hydrogen-bond acceptors (Lipinski definition) is 10. The molecule has 0 aliphatic carbocycles. The quantitative estimate of drug-likeness (QED) is 0.0246. The van der Waals surface area contributed by atoms with Gasteiger partial charge in [-0.25, -0.2) is 10.1 Å². The summed E-state index contributed by atoms with van der Waals surface area (Å²) in [5.41, 5.74) is 0. The summed E-state index contributed by atoms with van der Waals surface area (Å²) in [6.45, 7) is 18.4. The van der Waals surface area contributed by atoms with Crippen LogP contribution in [0.25, 0.3) is 0 Å². The van der Waals surface area contributed by atoms with Crippen LogP contribution in [0.1, 0.15) is 35.0 Å². The molecule has 0 rings (SSSR count). The Labute approximate surface area is 270 Å². The summed E-state index contributed by atoms with van der Waals surface area (Å²) in [7, 11) is 5.18. The number of carboxylic acids is 4. The molecule has 0 saturated heterocycles. The fourth-order valence-corrected chi connectivity index (χ4v) is 0.243. The van der Waals surface area contributed by atoms with Gasteiger partial charge in [0.05, 0.1) is 6.42 Å². The molecule has 234 valence electrons. The number of carboxylic acid groups (broad SMARTS) is 4. The first kappa shape index (κ1) is 77.0. The third kappa shape index (κ3) is 312. The molecule has 0 amide bonds. The molecule has 0 aromatic carbocycles. The summed E-state index contributed by atoms with van der Waals surface area (Å²) in [6, 6.07) is 0. The number of aliphatic carboxylic acids is 4. The molecule has 22 heteroatoms. The molecule has 0 fully saturated rings. The van der Waals surface area contributed by atoms with Gasteiger partial charge in [-0.05, 0) is 18.4 Å². The molecule has 0 aromatic rings. The molecule has 16 nitrogen and oxygen atoms in total. The molecular formula is C17H36Cl4NaO16P. The van der Waals surface area contributed by atoms with Gasteiger partial charge in [0.15, 0.2) is 0 Å². The predicted molar refractivity (Wildman–Crippen MR) is 140 cm³/mol. The average Bonchev–Trinajstić information content (AvgIpc) is 2.84. The Bertz CT molecular complexity index is 523. The van der Waals surface area contributed by atoms with Crippen molar-refractivity contribution in [2.24, 2.45) is 0 Å². The van der Waals surface area contributed by atoms with Crippen LogP contribution in [0.2, 0.25) is 0 Å². The number of halogens is 4. The SMILES string of the molecule is C=C.C=CC(=O)O.CC(Cl)C(=O)O.CCC(=O)O.CCO.ClCl.O.O=C(O)CCCl.O=[P+]([O-])OO.[C-]#[O+].[HH].[Na+].[OH-]. The van der Waals surface area contributed by atoms with Gasteiger partial charge in [0, 0.05) is 52.8 Å². The van der Waals surface area contributed by atoms with E-state index in [1.165, 1.54) is 6.92 Å². The van der Waals surface area contributed by atoms with E-state index in [1.54, 1.807) is 13.8 Å². The standard InChI is InChI=1S/2C3H5ClO2.C3H6O2.C3H4O2.C2H6O.C2H4.CO.Cl2.Na.HO4P.2H2O.H2/c1-2(4)3(5)6;4-2-1-3(5)6;2*1-2-3(4)5;1-2-3;3*1-2;;1-4-5(2)3;;;/h2H,1H3,(H,5,6);1-2H2,(H,5,6);2H2,1H3,(H,4,5);2H,1H2,(H,4,5);3H,2H2,1H3;1-2H2;;;;1H;2*1H2;1H/q;;;;;;;;+1;;;;/p-1. The van der Waals surface area contributed by atoms with Gasteiger partial charge in [-0.1, -0.05) is 13.5 Å². The minimum Gasteiger partial charge on any atom is -0.870 e. The van der Waals surface area contributed by atoms with Gasteiger partial charge in [0.25, 0.3) is 0 Å². The van der Waals surface area contributed by atoms with Crippen LogP contribution in [0.15, 0.2) is 25.8 Å². The van der Waals surface area contributed by atoms with Crippen LogP contribution in [0.4, 0.5) is 0 Å². The van der Waals surface area contributed by atoms with Crippen molar-refractivity contribution in [2.45, 2.75) is 39.0 Å². The zero-order valence-corrected chi connectivity index (χ0v) is 27.4. The Balaban J connectivity index is -0.0000000189. The van der Waals surface area contributed by atoms with Crippen LogP contribution in [-0.4, -0.2) is 83.5 Å². The van der Waals surface area contributed by atoms with Crippen molar-refractivity contribution < 1.29 is 111 Å². The van der Waals surface area contributed by atoms with E-state index in [0.717, 1.165) is 6.08 Å². The molecule has 39 heavy (non-hydrogen) atoms. The molecule has 0 spiro atoms. The second-order valence-corrected chi connectivity index (χ2v) is 5.34. The normalized spacial score (nSPS) is 7.33. The largest absolute Gasteiger partial charge is 1.00 e. The number of rotatable bonds is 6. The van der Waals surface area contributed by atoms with E-state index in [9.17, 15) is 19.2 Å². The Kier molecular flexibility index (Phi) is 179. The van der Waals surface area contributed by atoms with Crippen molar-refractivity contribution in [1.29, 1.82) is 0 Å². The Morgan fingerprint density at radius 2 is 1.28 bits per heavy atom. The minimum atomic E-state index is -3.04. The van der Waals surface area contributed by atoms with E-state index in [1.807, 2.05) is 0 Å². The van der Waals surface area contributed by atoms with Crippen LogP contribution < -0.4 is 34.5 Å². The smallest absolute Gasteiger partial charge is 0.870 e. The molecular weight excluding hydrogens is 656 g/mol. The van der Waals surface area contributed by atoms with Crippen LogP contribution >= 0.6 is 53.2 Å². The first-order chi connectivity index (χ1) is 16.6. The van der Waals surface area contributed by atoms with Crippen molar-refractivity contribution in [3.8, 4) is 0 Å². The Morgan fingerprint density at radius 3 is 1.28 bits per heavy atom. The number of aliphatic hydroxyl groups is 1. The predicted octanol–water partition coefficient (Wildman–Crippen LogP) is 0.0207. The topological polar surface area (TPSA) is 320 Å². The summed E-state index contributed by atoms with van der Waals surface area (Å²) in [5.74, 6) is -3.34. The van der Waals surface area contributed by atoms with E-state index in [2.05, 4.69) is 52.8 Å². The maximum atomic E-state index is 9.57. The number of hydrogen-bond donors (Lipinski definition) is 6. The van der Waals surface area contributed by atoms with Crippen molar-refractivity contribution in [1.82, 2.24) is 0 Å². The summed E-state index contributed by atoms with van der Waals surface area (Å²) < 4.78 is 19.1. The van der Waals surface area contributed by atoms with E-state index in [0.29, 0.717) is 0 Å². The fourth-order valence-electron chi connectivity index (χ4n) is 0.0808. The Morgan fingerprint density at radius 1 is 1.10 bits per heavy atom. The monoisotopic (exact) mass is 690 g/mol. The molecule has 0 radical (unpaired) electrons. The van der Waals surface area contributed by atoms with E-state index >= 15 is 0 Å². The first-order valence-electron chi connectivity index (χ1n) is 8.27. The van der Waals surface area contributed by atoms with Gasteiger partial charge in [0.2, 0.25) is 0 Å². The third-order valence-corrected chi connectivity index (χ3v) is 1.70. The second-order valence-electron chi connectivity index (χ2n) is 3.70. The average molecular weight is 692 g/mol. The maximum Gasteiger partial charge on any atom is 1.00 e. The molecule has 0 heterocycles. The minimum absolute atomic E-state index is 0. The van der Waals surface area contributed by atoms with Crippen LogP contribution in [0, 0.1) is 6.65 Å². The zero-order chi connectivity index (χ0) is 31.7. The van der Waals surface area contributed by atoms with Gasteiger partial charge < -0.3 is 41.4 Å². The fraction of sp³-hybridized carbons (Fsp3) is 0.471. The molecule has 0 bridgehead atoms. The van der Waals surface area contributed by atoms with Crippen molar-refractivity contribution in [3.05, 3.63) is 32.5 Å². The first-order valence-corrected chi connectivity index (χ1v) is 11.5. The molecule has 2 unspecified atom stereocenters. The van der Waals surface area contributed by atoms with Crippen LogP contribution in [-0.2, 0) is 33.1 Å². The van der Waals surface area contributed by atoms with Crippen molar-refractivity contribution in [2.75, 3.05) is 12.5 Å². The van der Waals surface area contributed by atoms with E-state index in [-0.39, 0.29) is 67.3 Å². The number of alkyl halides is 2. The van der Waals surface area contributed by atoms with E-state index < -0.39 is 37.5 Å². The zero-order valence-electron chi connectivity index (χ0n) is 21.5. The number of carbonyl (C=O) groups is 4. The second kappa shape index (κ2) is 90.6. The van der Waals surface area contributed by atoms with Gasteiger partial charge in [-0.3, -0.25) is 14.4 Å². The maximum absolute atomic E-state index is 9.57. The summed E-state index contributed by atoms with van der Waals surface area (Å²) in [4.78, 5) is 46.6. The van der Waals surface area contributed by atoms with E-state index in [4.69, 9.17) is 68.1 Å². The molecule has 0 aromatic heterocycles. The summed E-state index contributed by atoms with van der Waals surface area (Å²) in [6.07, 6.45) is 1.11. The Hall–Kier alpha value is -0.880. The van der Waals surface area contributed by atoms with Crippen molar-refractivity contribution >= 4 is 77.0 Å². The number of aliphatic hydroxyl groups excluding tert-OH is 1. The van der Waals surface area contributed by atoms with Crippen molar-refractivity contribution in [3.63, 3.8) is 0 Å². The molecule has 0 aliphatic heterocycles. The molecule has 2 atom stereocenters. The van der Waals surface area contributed by atoms with Crippen LogP contribution in [0.3, 0.4) is 0 Å². The van der Waals surface area contributed by atoms with Gasteiger partial charge in [-0.15, -0.1) is 36.4 Å². The molecule has 9 N–H and O–H groups in total. The summed E-state index contributed by atoms with van der Waals surface area (Å²) >= 11 is 10.0.